The second-order valence-corrected chi connectivity index (χ2v) is 4.06. The number of oxime groups is 1. The zero-order valence-electron chi connectivity index (χ0n) is 10.5. The molecule has 1 aliphatic carbocycles. The molecule has 20 heavy (non-hydrogen) atoms. The zero-order valence-corrected chi connectivity index (χ0v) is 10.5. The number of carbonyl (C=O) groups is 2. The summed E-state index contributed by atoms with van der Waals surface area (Å²) in [6.07, 6.45) is 5.70. The summed E-state index contributed by atoms with van der Waals surface area (Å²) in [5, 5.41) is 15.2. The van der Waals surface area contributed by atoms with Crippen molar-refractivity contribution in [2.24, 2.45) is 5.16 Å². The fourth-order valence-corrected chi connectivity index (χ4v) is 1.72. The molecule has 1 aromatic rings. The van der Waals surface area contributed by atoms with Crippen molar-refractivity contribution in [1.82, 2.24) is 4.98 Å². The van der Waals surface area contributed by atoms with Crippen LogP contribution >= 0.6 is 0 Å². The molecule has 1 atom stereocenters. The summed E-state index contributed by atoms with van der Waals surface area (Å²) in [6.45, 7) is 0. The van der Waals surface area contributed by atoms with E-state index >= 15 is 0 Å². The zero-order chi connectivity index (χ0) is 14.4. The number of amides is 1. The van der Waals surface area contributed by atoms with Gasteiger partial charge in [-0.2, -0.15) is 0 Å². The lowest BCUT2D eigenvalue weighted by Crippen LogP contribution is -2.18. The third-order valence-corrected chi connectivity index (χ3v) is 2.65. The number of nitrogens with one attached hydrogen (secondary N) is 1. The maximum Gasteiger partial charge on any atom is 0.360 e. The number of nitrogens with zero attached hydrogens (tertiary/aromatic N) is 2. The number of anilines is 1. The first-order valence-electron chi connectivity index (χ1n) is 6.02. The smallest absolute Gasteiger partial charge is 0.360 e. The van der Waals surface area contributed by atoms with Gasteiger partial charge in [-0.05, 0) is 31.1 Å². The topological polar surface area (TPSA) is 101 Å². The van der Waals surface area contributed by atoms with Crippen molar-refractivity contribution >= 4 is 23.9 Å². The molecule has 2 N–H and O–H groups in total. The van der Waals surface area contributed by atoms with Crippen LogP contribution in [0.5, 0.6) is 0 Å². The summed E-state index contributed by atoms with van der Waals surface area (Å²) in [5.41, 5.74) is -0.189. The molecule has 0 saturated heterocycles. The van der Waals surface area contributed by atoms with Gasteiger partial charge in [-0.25, -0.2) is 9.78 Å². The number of pyridine rings is 1. The van der Waals surface area contributed by atoms with Gasteiger partial charge in [0.25, 0.3) is 0 Å². The number of hydrogen-bond acceptors (Lipinski definition) is 5. The standard InChI is InChI=1S/C13H13N3O4/c17-8-14-11-7-3-6-10(15-11)12(13(18)19)16-20-9-4-1-2-5-9/h1,3-4,6-9H,2,5H2,(H,18,19)(H,14,15,17). The van der Waals surface area contributed by atoms with Gasteiger partial charge < -0.3 is 15.3 Å². The molecule has 0 spiro atoms. The minimum absolute atomic E-state index is 0.117. The van der Waals surface area contributed by atoms with Gasteiger partial charge in [0.1, 0.15) is 17.6 Å². The summed E-state index contributed by atoms with van der Waals surface area (Å²) < 4.78 is 0. The molecular weight excluding hydrogens is 262 g/mol. The van der Waals surface area contributed by atoms with Crippen molar-refractivity contribution in [2.45, 2.75) is 18.9 Å². The van der Waals surface area contributed by atoms with E-state index in [1.807, 2.05) is 12.2 Å². The molecular formula is C13H13N3O4. The van der Waals surface area contributed by atoms with E-state index in [1.165, 1.54) is 12.1 Å². The molecule has 1 aliphatic rings. The normalized spacial score (nSPS) is 17.8. The van der Waals surface area contributed by atoms with Gasteiger partial charge in [0, 0.05) is 0 Å². The SMILES string of the molecule is O=CNc1cccc(C(=NOC2C=CCC2)C(=O)O)n1. The van der Waals surface area contributed by atoms with Gasteiger partial charge in [0.15, 0.2) is 0 Å². The Labute approximate surface area is 115 Å². The van der Waals surface area contributed by atoms with Gasteiger partial charge in [-0.15, -0.1) is 0 Å². The van der Waals surface area contributed by atoms with Crippen LogP contribution in [0, 0.1) is 0 Å². The van der Waals surface area contributed by atoms with E-state index in [9.17, 15) is 9.59 Å². The Morgan fingerprint density at radius 1 is 1.55 bits per heavy atom. The second-order valence-electron chi connectivity index (χ2n) is 4.06. The van der Waals surface area contributed by atoms with E-state index in [-0.39, 0.29) is 23.3 Å². The van der Waals surface area contributed by atoms with Crippen LogP contribution < -0.4 is 5.32 Å². The Hall–Kier alpha value is -2.70. The monoisotopic (exact) mass is 275 g/mol. The number of rotatable bonds is 6. The van der Waals surface area contributed by atoms with Gasteiger partial charge in [-0.3, -0.25) is 4.79 Å². The summed E-state index contributed by atoms with van der Waals surface area (Å²) in [7, 11) is 0. The number of aliphatic carboxylic acids is 1. The van der Waals surface area contributed by atoms with Crippen LogP contribution in [-0.4, -0.2) is 34.3 Å². The molecule has 0 fully saturated rings. The van der Waals surface area contributed by atoms with Gasteiger partial charge >= 0.3 is 5.97 Å². The van der Waals surface area contributed by atoms with Gasteiger partial charge in [0.05, 0.1) is 0 Å². The average molecular weight is 275 g/mol. The summed E-state index contributed by atoms with van der Waals surface area (Å²) in [6, 6.07) is 4.59. The van der Waals surface area contributed by atoms with E-state index in [2.05, 4.69) is 15.5 Å². The van der Waals surface area contributed by atoms with Crippen LogP contribution in [0.4, 0.5) is 5.82 Å². The van der Waals surface area contributed by atoms with Crippen LogP contribution in [0.15, 0.2) is 35.5 Å². The minimum Gasteiger partial charge on any atom is -0.476 e. The molecule has 0 bridgehead atoms. The Morgan fingerprint density at radius 3 is 3.05 bits per heavy atom. The predicted molar refractivity (Wildman–Crippen MR) is 71.3 cm³/mol. The fourth-order valence-electron chi connectivity index (χ4n) is 1.72. The Morgan fingerprint density at radius 2 is 2.40 bits per heavy atom. The van der Waals surface area contributed by atoms with Crippen molar-refractivity contribution < 1.29 is 19.5 Å². The Bertz CT molecular complexity index is 568. The molecule has 2 rings (SSSR count). The number of carboxylic acids is 1. The molecule has 0 aliphatic heterocycles. The molecule has 104 valence electrons. The molecule has 0 saturated carbocycles. The number of aromatic nitrogens is 1. The highest BCUT2D eigenvalue weighted by Gasteiger charge is 2.17. The number of allylic oxidation sites excluding steroid dienone is 1. The molecule has 1 unspecified atom stereocenters. The summed E-state index contributed by atoms with van der Waals surface area (Å²) in [4.78, 5) is 30.7. The van der Waals surface area contributed by atoms with Crippen LogP contribution in [-0.2, 0) is 14.4 Å². The number of carbonyl (C=O) groups excluding carboxylic acids is 1. The quantitative estimate of drug-likeness (QED) is 0.351. The number of carboxylic acid groups (broad SMARTS) is 1. The molecule has 1 aromatic heterocycles. The first kappa shape index (κ1) is 13.7. The third kappa shape index (κ3) is 3.41. The van der Waals surface area contributed by atoms with E-state index in [1.54, 1.807) is 6.07 Å². The first-order chi connectivity index (χ1) is 9.70. The summed E-state index contributed by atoms with van der Waals surface area (Å²) >= 11 is 0. The third-order valence-electron chi connectivity index (χ3n) is 2.65. The van der Waals surface area contributed by atoms with Crippen LogP contribution in [0.25, 0.3) is 0 Å². The summed E-state index contributed by atoms with van der Waals surface area (Å²) in [5.74, 6) is -1.00. The first-order valence-corrected chi connectivity index (χ1v) is 6.02. The maximum absolute atomic E-state index is 11.2. The fraction of sp³-hybridized carbons (Fsp3) is 0.231. The lowest BCUT2D eigenvalue weighted by atomic mass is 10.2. The highest BCUT2D eigenvalue weighted by atomic mass is 16.6. The second kappa shape index (κ2) is 6.46. The van der Waals surface area contributed by atoms with Crippen molar-refractivity contribution in [3.05, 3.63) is 36.0 Å². The highest BCUT2D eigenvalue weighted by Crippen LogP contribution is 2.14. The van der Waals surface area contributed by atoms with Crippen molar-refractivity contribution in [3.8, 4) is 0 Å². The van der Waals surface area contributed by atoms with E-state index in [4.69, 9.17) is 9.94 Å². The minimum atomic E-state index is -1.25. The average Bonchev–Trinajstić information content (AvgIpc) is 2.93. The molecule has 7 nitrogen and oxygen atoms in total. The molecule has 0 radical (unpaired) electrons. The largest absolute Gasteiger partial charge is 0.476 e. The lowest BCUT2D eigenvalue weighted by molar-refractivity contribution is -0.129. The predicted octanol–water partition coefficient (Wildman–Crippen LogP) is 1.17. The highest BCUT2D eigenvalue weighted by molar-refractivity contribution is 6.41. The molecule has 7 heteroatoms. The van der Waals surface area contributed by atoms with Gasteiger partial charge in [-0.1, -0.05) is 17.3 Å². The Balaban J connectivity index is 2.20. The number of hydrogen-bond donors (Lipinski definition) is 2. The van der Waals surface area contributed by atoms with Gasteiger partial charge in [0.2, 0.25) is 12.1 Å². The van der Waals surface area contributed by atoms with Crippen molar-refractivity contribution in [3.63, 3.8) is 0 Å². The van der Waals surface area contributed by atoms with E-state index in [0.29, 0.717) is 6.41 Å². The lowest BCUT2D eigenvalue weighted by Gasteiger charge is -2.07. The van der Waals surface area contributed by atoms with E-state index < -0.39 is 5.97 Å². The Kier molecular flexibility index (Phi) is 4.43. The van der Waals surface area contributed by atoms with Crippen LogP contribution in [0.1, 0.15) is 18.5 Å². The van der Waals surface area contributed by atoms with Crippen LogP contribution in [0.3, 0.4) is 0 Å². The molecule has 1 heterocycles. The molecule has 1 amide bonds. The molecule has 0 aromatic carbocycles. The maximum atomic E-state index is 11.2. The van der Waals surface area contributed by atoms with Crippen molar-refractivity contribution in [2.75, 3.05) is 5.32 Å². The van der Waals surface area contributed by atoms with E-state index in [0.717, 1.165) is 12.8 Å². The van der Waals surface area contributed by atoms with Crippen LogP contribution in [0.2, 0.25) is 0 Å². The van der Waals surface area contributed by atoms with Crippen molar-refractivity contribution in [1.29, 1.82) is 0 Å².